The summed E-state index contributed by atoms with van der Waals surface area (Å²) < 4.78 is 20.6. The molecule has 37 heavy (non-hydrogen) atoms. The maximum absolute atomic E-state index is 13.7. The normalized spacial score (nSPS) is 11.8. The number of carbonyl (C=O) groups is 1. The third kappa shape index (κ3) is 4.58. The van der Waals surface area contributed by atoms with Gasteiger partial charge < -0.3 is 19.5 Å². The number of amides is 1. The van der Waals surface area contributed by atoms with Gasteiger partial charge in [0.2, 0.25) is 11.8 Å². The van der Waals surface area contributed by atoms with E-state index in [0.717, 1.165) is 17.5 Å². The predicted molar refractivity (Wildman–Crippen MR) is 142 cm³/mol. The summed E-state index contributed by atoms with van der Waals surface area (Å²) in [6.07, 6.45) is 1.26. The average Bonchev–Trinajstić information content (AvgIpc) is 3.18. The summed E-state index contributed by atoms with van der Waals surface area (Å²) >= 11 is 0. The molecule has 0 atom stereocenters. The van der Waals surface area contributed by atoms with E-state index in [1.807, 2.05) is 61.5 Å². The molecule has 1 aromatic heterocycles. The molecule has 4 aromatic rings. The van der Waals surface area contributed by atoms with Gasteiger partial charge in [0.1, 0.15) is 12.3 Å². The smallest absolute Gasteiger partial charge is 0.278 e. The van der Waals surface area contributed by atoms with Crippen LogP contribution < -0.4 is 25.1 Å². The first kappa shape index (κ1) is 24.2. The van der Waals surface area contributed by atoms with Crippen LogP contribution in [0.25, 0.3) is 5.69 Å². The molecule has 190 valence electrons. The van der Waals surface area contributed by atoms with Crippen molar-refractivity contribution in [2.75, 3.05) is 19.0 Å². The molecule has 1 N–H and O–H groups in total. The molecule has 1 aliphatic heterocycles. The Hall–Kier alpha value is -4.46. The fourth-order valence-corrected chi connectivity index (χ4v) is 4.56. The Balaban J connectivity index is 1.59. The van der Waals surface area contributed by atoms with Crippen molar-refractivity contribution >= 4 is 11.6 Å². The van der Waals surface area contributed by atoms with Crippen molar-refractivity contribution in [3.05, 3.63) is 93.8 Å². The molecule has 0 radical (unpaired) electrons. The second-order valence-electron chi connectivity index (χ2n) is 8.68. The number of aryl methyl sites for hydroxylation is 1. The number of fused-ring (bicyclic) bond motifs is 2. The van der Waals surface area contributed by atoms with Crippen molar-refractivity contribution in [1.82, 2.24) is 9.36 Å². The fourth-order valence-electron chi connectivity index (χ4n) is 4.56. The van der Waals surface area contributed by atoms with Crippen LogP contribution in [0.4, 0.5) is 5.69 Å². The molecule has 0 fully saturated rings. The van der Waals surface area contributed by atoms with Crippen molar-refractivity contribution in [3.63, 3.8) is 0 Å². The largest absolute Gasteiger partial charge is 0.495 e. The highest BCUT2D eigenvalue weighted by Gasteiger charge is 2.31. The number of ether oxygens (including phenoxy) is 3. The highest BCUT2D eigenvalue weighted by molar-refractivity contribution is 5.92. The topological polar surface area (TPSA) is 83.7 Å². The molecule has 0 saturated heterocycles. The Morgan fingerprint density at radius 1 is 1.00 bits per heavy atom. The van der Waals surface area contributed by atoms with Crippen LogP contribution in [0.15, 0.2) is 71.5 Å². The maximum atomic E-state index is 13.7. The van der Waals surface area contributed by atoms with E-state index in [9.17, 15) is 9.59 Å². The number of nitrogens with one attached hydrogen (secondary N) is 1. The summed E-state index contributed by atoms with van der Waals surface area (Å²) in [4.78, 5) is 27.0. The highest BCUT2D eigenvalue weighted by Crippen LogP contribution is 2.42. The van der Waals surface area contributed by atoms with Gasteiger partial charge in [-0.25, -0.2) is 9.36 Å². The number of hydrogen-bond acceptors (Lipinski definition) is 5. The second-order valence-corrected chi connectivity index (χ2v) is 8.68. The minimum Gasteiger partial charge on any atom is -0.495 e. The summed E-state index contributed by atoms with van der Waals surface area (Å²) in [6.45, 7) is 4.31. The van der Waals surface area contributed by atoms with Gasteiger partial charge in [0, 0.05) is 12.0 Å². The lowest BCUT2D eigenvalue weighted by molar-refractivity contribution is -0.117. The van der Waals surface area contributed by atoms with Gasteiger partial charge in [-0.2, -0.15) is 0 Å². The predicted octanol–water partition coefficient (Wildman–Crippen LogP) is 4.94. The van der Waals surface area contributed by atoms with Crippen molar-refractivity contribution in [1.29, 1.82) is 0 Å². The number of methoxy groups -OCH3 is 1. The Morgan fingerprint density at radius 2 is 1.76 bits per heavy atom. The molecule has 2 heterocycles. The van der Waals surface area contributed by atoms with Crippen LogP contribution in [0.1, 0.15) is 30.5 Å². The van der Waals surface area contributed by atoms with Gasteiger partial charge in [-0.15, -0.1) is 0 Å². The summed E-state index contributed by atoms with van der Waals surface area (Å²) in [5.74, 6) is 1.72. The molecule has 0 saturated carbocycles. The zero-order chi connectivity index (χ0) is 25.9. The van der Waals surface area contributed by atoms with E-state index in [2.05, 4.69) is 12.2 Å². The molecule has 0 spiro atoms. The molecule has 0 unspecified atom stereocenters. The van der Waals surface area contributed by atoms with Gasteiger partial charge in [0.05, 0.1) is 30.7 Å². The molecule has 5 rings (SSSR count). The lowest BCUT2D eigenvalue weighted by Gasteiger charge is -2.21. The van der Waals surface area contributed by atoms with Gasteiger partial charge in [0.25, 0.3) is 5.56 Å². The monoisotopic (exact) mass is 499 g/mol. The van der Waals surface area contributed by atoms with Crippen LogP contribution in [-0.2, 0) is 24.2 Å². The molecule has 0 bridgehead atoms. The Kier molecular flexibility index (Phi) is 6.72. The second kappa shape index (κ2) is 10.3. The zero-order valence-corrected chi connectivity index (χ0v) is 21.1. The maximum Gasteiger partial charge on any atom is 0.278 e. The molecule has 8 heteroatoms. The molecular formula is C29H29N3O5. The third-order valence-electron chi connectivity index (χ3n) is 6.37. The lowest BCUT2D eigenvalue weighted by atomic mass is 10.0. The first-order chi connectivity index (χ1) is 18.0. The van der Waals surface area contributed by atoms with E-state index in [-0.39, 0.29) is 18.0 Å². The number of benzene rings is 3. The standard InChI is InChI=1S/C29H29N3O5/c1-4-19-13-15-21(16-14-19)32-28(34)22-17-20-9-8-12-25(36-5-2)27(20)37-29(22)31(32)18-26(33)30-23-10-6-7-11-24(23)35-3/h6-16H,4-5,17-18H2,1-3H3,(H,30,33). The molecular weight excluding hydrogens is 470 g/mol. The van der Waals surface area contributed by atoms with E-state index in [1.54, 1.807) is 23.9 Å². The molecule has 3 aromatic carbocycles. The van der Waals surface area contributed by atoms with Crippen LogP contribution >= 0.6 is 0 Å². The Labute approximate surface area is 215 Å². The van der Waals surface area contributed by atoms with E-state index < -0.39 is 0 Å². The molecule has 0 aliphatic carbocycles. The van der Waals surface area contributed by atoms with Gasteiger partial charge in [0.15, 0.2) is 11.5 Å². The van der Waals surface area contributed by atoms with Crippen molar-refractivity contribution < 1.29 is 19.0 Å². The number of aromatic nitrogens is 2. The van der Waals surface area contributed by atoms with E-state index >= 15 is 0 Å². The number of nitrogens with zero attached hydrogens (tertiary/aromatic N) is 2. The van der Waals surface area contributed by atoms with Gasteiger partial charge >= 0.3 is 0 Å². The SMILES string of the molecule is CCOc1cccc2c1Oc1c(c(=O)n(-c3ccc(CC)cc3)n1CC(=O)Nc1ccccc1OC)C2. The van der Waals surface area contributed by atoms with Gasteiger partial charge in [-0.1, -0.05) is 43.3 Å². The van der Waals surface area contributed by atoms with Crippen LogP contribution in [0.2, 0.25) is 0 Å². The molecule has 1 aliphatic rings. The van der Waals surface area contributed by atoms with Gasteiger partial charge in [-0.3, -0.25) is 9.59 Å². The first-order valence-electron chi connectivity index (χ1n) is 12.3. The minimum absolute atomic E-state index is 0.149. The summed E-state index contributed by atoms with van der Waals surface area (Å²) in [7, 11) is 1.55. The van der Waals surface area contributed by atoms with Crippen LogP contribution in [0.3, 0.4) is 0 Å². The average molecular weight is 500 g/mol. The third-order valence-corrected chi connectivity index (χ3v) is 6.37. The number of hydrogen-bond donors (Lipinski definition) is 1. The fraction of sp³-hybridized carbons (Fsp3) is 0.241. The van der Waals surface area contributed by atoms with Crippen LogP contribution in [0.5, 0.6) is 23.1 Å². The molecule has 8 nitrogen and oxygen atoms in total. The Bertz CT molecular complexity index is 1500. The van der Waals surface area contributed by atoms with E-state index in [4.69, 9.17) is 14.2 Å². The first-order valence-corrected chi connectivity index (χ1v) is 12.3. The van der Waals surface area contributed by atoms with Crippen molar-refractivity contribution in [2.24, 2.45) is 0 Å². The van der Waals surface area contributed by atoms with E-state index in [1.165, 1.54) is 4.68 Å². The summed E-state index contributed by atoms with van der Waals surface area (Å²) in [5.41, 5.74) is 3.47. The Morgan fingerprint density at radius 3 is 2.49 bits per heavy atom. The summed E-state index contributed by atoms with van der Waals surface area (Å²) in [6, 6.07) is 20.6. The number of rotatable bonds is 8. The van der Waals surface area contributed by atoms with Crippen LogP contribution in [0, 0.1) is 0 Å². The van der Waals surface area contributed by atoms with Gasteiger partial charge in [-0.05, 0) is 49.2 Å². The number of anilines is 1. The van der Waals surface area contributed by atoms with E-state index in [0.29, 0.717) is 53.1 Å². The van der Waals surface area contributed by atoms with Crippen molar-refractivity contribution in [3.8, 4) is 28.8 Å². The highest BCUT2D eigenvalue weighted by atomic mass is 16.5. The minimum atomic E-state index is -0.325. The quantitative estimate of drug-likeness (QED) is 0.327. The summed E-state index contributed by atoms with van der Waals surface area (Å²) in [5, 5.41) is 2.89. The molecule has 1 amide bonds. The van der Waals surface area contributed by atoms with Crippen molar-refractivity contribution in [2.45, 2.75) is 33.2 Å². The number of carbonyl (C=O) groups excluding carboxylic acids is 1. The van der Waals surface area contributed by atoms with Crippen LogP contribution in [-0.4, -0.2) is 29.0 Å². The zero-order valence-electron chi connectivity index (χ0n) is 21.1. The lowest BCUT2D eigenvalue weighted by Crippen LogP contribution is -2.27. The number of para-hydroxylation sites is 3.